The van der Waals surface area contributed by atoms with Gasteiger partial charge in [-0.1, -0.05) is 85.2 Å². The van der Waals surface area contributed by atoms with E-state index in [1.807, 2.05) is 77.3 Å². The Labute approximate surface area is 588 Å². The van der Waals surface area contributed by atoms with Crippen LogP contribution in [0.15, 0.2) is 72.3 Å². The molecule has 29 nitrogen and oxygen atoms in total. The van der Waals surface area contributed by atoms with Gasteiger partial charge >= 0.3 is 12.1 Å². The van der Waals surface area contributed by atoms with Gasteiger partial charge < -0.3 is 85.0 Å². The Bertz CT molecular complexity index is 3330. The number of ether oxygens (including phenoxy) is 5. The van der Waals surface area contributed by atoms with Crippen molar-refractivity contribution in [2.45, 2.75) is 199 Å². The quantitative estimate of drug-likeness (QED) is 0.0305. The van der Waals surface area contributed by atoms with E-state index in [1.165, 1.54) is 30.6 Å². The number of amides is 9. The number of carbonyl (C=O) groups excluding carboxylic acids is 9. The number of methoxy groups -OCH3 is 2. The number of hydrogen-bond donors (Lipinski definition) is 9. The van der Waals surface area contributed by atoms with E-state index in [0.717, 1.165) is 22.7 Å². The molecule has 30 heteroatoms. The average Bonchev–Trinajstić information content (AvgIpc) is 1.07. The molecule has 0 radical (unpaired) electrons. The first kappa shape index (κ1) is 81.0. The van der Waals surface area contributed by atoms with Crippen LogP contribution in [-0.2, 0) is 75.1 Å². The molecule has 6 rings (SSSR count). The number of aliphatic carboxylic acids is 1. The number of aliphatic hydroxyl groups excluding tert-OH is 3. The first-order valence-electron chi connectivity index (χ1n) is 33.8. The van der Waals surface area contributed by atoms with Gasteiger partial charge in [-0.3, -0.25) is 43.3 Å². The Balaban J connectivity index is 1.18. The maximum Gasteiger partial charge on any atom is 0.407 e. The van der Waals surface area contributed by atoms with Crippen LogP contribution in [0, 0.1) is 23.7 Å². The molecule has 9 amide bonds. The first-order chi connectivity index (χ1) is 47.0. The number of quaternary nitrogens is 1. The number of alkyl carbamates (subject to hydrolysis) is 1. The number of hydrogen-bond acceptors (Lipinski definition) is 20. The van der Waals surface area contributed by atoms with Crippen molar-refractivity contribution in [1.82, 2.24) is 41.0 Å². The van der Waals surface area contributed by atoms with Gasteiger partial charge in [0.25, 0.3) is 17.7 Å². The summed E-state index contributed by atoms with van der Waals surface area (Å²) >= 11 is 1.46. The van der Waals surface area contributed by atoms with Gasteiger partial charge in [-0.25, -0.2) is 14.6 Å². The van der Waals surface area contributed by atoms with Crippen molar-refractivity contribution in [2.24, 2.45) is 23.7 Å². The summed E-state index contributed by atoms with van der Waals surface area (Å²) in [4.78, 5) is 145. The molecule has 0 saturated carbocycles. The van der Waals surface area contributed by atoms with Crippen LogP contribution in [-0.4, -0.2) is 238 Å². The lowest BCUT2D eigenvalue weighted by molar-refractivity contribution is -0.922. The molecule has 0 aliphatic carbocycles. The van der Waals surface area contributed by atoms with Crippen molar-refractivity contribution in [3.05, 3.63) is 88.4 Å². The molecule has 4 heterocycles. The number of aromatic nitrogens is 1. The predicted molar refractivity (Wildman–Crippen MR) is 367 cm³/mol. The third-order valence-corrected chi connectivity index (χ3v) is 19.3. The first-order valence-corrected chi connectivity index (χ1v) is 34.7. The zero-order chi connectivity index (χ0) is 74.2. The molecule has 9 N–H and O–H groups in total. The van der Waals surface area contributed by atoms with Crippen LogP contribution in [0.4, 0.5) is 10.5 Å². The van der Waals surface area contributed by atoms with Crippen LogP contribution in [0.2, 0.25) is 0 Å². The summed E-state index contributed by atoms with van der Waals surface area (Å²) in [5.74, 6) is -8.22. The molecule has 3 aromatic rings. The number of aliphatic hydroxyl groups is 3. The van der Waals surface area contributed by atoms with Crippen LogP contribution in [0.5, 0.6) is 5.75 Å². The molecular formula is C70H103N10O19S+. The zero-order valence-electron chi connectivity index (χ0n) is 59.9. The van der Waals surface area contributed by atoms with Crippen molar-refractivity contribution in [1.29, 1.82) is 0 Å². The van der Waals surface area contributed by atoms with Gasteiger partial charge in [0.2, 0.25) is 35.8 Å². The highest BCUT2D eigenvalue weighted by Crippen LogP contribution is 2.35. The Kier molecular flexibility index (Phi) is 29.2. The highest BCUT2D eigenvalue weighted by atomic mass is 32.1. The fourth-order valence-electron chi connectivity index (χ4n) is 13.3. The molecule has 0 spiro atoms. The third-order valence-electron chi connectivity index (χ3n) is 18.4. The SMILES string of the molecule is CC[C@H](C)[C@@H](C(CC(=O)N1CCC[C@H]1[C@H](OC)[C@@H](C)C(=O)N[C@@H](Cc1ccccc1)c1nccs1)OC)N(C)C(=O)[C@@H](NC(=O)[C@H](C(C)C)[N+](C)(C)Cc1ccc(O[C@@H]2O[C@H](C(=O)O)[C@@H](O)[C@H](O)[C@H]2O)c(NC(=O)CCNC(=O)[C@H](CNC(=O)OC(C)(C)C)N2C(=O)C=CC2=O)c1)C(C)C. The van der Waals surface area contributed by atoms with E-state index in [9.17, 15) is 58.8 Å². The van der Waals surface area contributed by atoms with Crippen molar-refractivity contribution in [3.8, 4) is 5.75 Å². The molecule has 3 aliphatic heterocycles. The number of carboxylic acids is 1. The van der Waals surface area contributed by atoms with E-state index in [1.54, 1.807) is 78.0 Å². The Hall–Kier alpha value is -7.97. The minimum Gasteiger partial charge on any atom is -0.479 e. The molecule has 1 aromatic heterocycles. The van der Waals surface area contributed by atoms with Crippen LogP contribution in [0.1, 0.15) is 124 Å². The van der Waals surface area contributed by atoms with E-state index in [-0.39, 0.29) is 59.1 Å². The topological polar surface area (TPSA) is 381 Å². The number of carbonyl (C=O) groups is 10. The number of benzene rings is 2. The van der Waals surface area contributed by atoms with Crippen molar-refractivity contribution < 1.29 is 96.5 Å². The van der Waals surface area contributed by atoms with Crippen LogP contribution in [0.25, 0.3) is 0 Å². The number of anilines is 1. The maximum atomic E-state index is 15.2. The molecule has 2 saturated heterocycles. The van der Waals surface area contributed by atoms with Gasteiger partial charge in [0.1, 0.15) is 53.3 Å². The van der Waals surface area contributed by atoms with Gasteiger partial charge in [-0.05, 0) is 75.6 Å². The highest BCUT2D eigenvalue weighted by Gasteiger charge is 2.50. The van der Waals surface area contributed by atoms with Crippen molar-refractivity contribution in [2.75, 3.05) is 60.3 Å². The molecule has 2 aromatic carbocycles. The number of carboxylic acid groups (broad SMARTS) is 1. The minimum atomic E-state index is -2.05. The fraction of sp³-hybridized carbons (Fsp3) is 0.614. The number of nitrogens with one attached hydrogen (secondary N) is 5. The Morgan fingerprint density at radius 2 is 1.51 bits per heavy atom. The van der Waals surface area contributed by atoms with Gasteiger partial charge in [0.15, 0.2) is 12.1 Å². The number of rotatable bonds is 34. The second-order valence-electron chi connectivity index (χ2n) is 28.1. The molecule has 1 unspecified atom stereocenters. The van der Waals surface area contributed by atoms with E-state index < -0.39 is 157 Å². The number of thiazole rings is 1. The number of likely N-dealkylation sites (tertiary alicyclic amines) is 1. The molecule has 0 bridgehead atoms. The van der Waals surface area contributed by atoms with E-state index in [0.29, 0.717) is 42.7 Å². The van der Waals surface area contributed by atoms with Crippen LogP contribution >= 0.6 is 11.3 Å². The lowest BCUT2D eigenvalue weighted by Gasteiger charge is -2.42. The van der Waals surface area contributed by atoms with E-state index >= 15 is 9.59 Å². The highest BCUT2D eigenvalue weighted by molar-refractivity contribution is 7.09. The van der Waals surface area contributed by atoms with Gasteiger partial charge in [0.05, 0.1) is 69.0 Å². The van der Waals surface area contributed by atoms with Crippen molar-refractivity contribution >= 4 is 76.3 Å². The van der Waals surface area contributed by atoms with Gasteiger partial charge in [-0.2, -0.15) is 0 Å². The standard InChI is InChI=1S/C70H102N10O19S/c1-16-40(6)55(49(95-14)35-53(84)78-31-20-23-46(78)60(96-15)41(7)62(88)75-45(65-72-30-32-100-65)33-42-21-18-17-19-22-42)77(11)66(91)54(38(2)3)76-64(90)56(39(4)5)80(12,13)37-43-24-25-48(97-68-59(87)57(85)58(86)61(98-68)67(92)93)44(34-43)74-50(81)28-29-71-63(89)47(79-51(82)26-27-52(79)83)36-73-69(94)99-70(8,9)10/h17-19,21-22,24-27,30,32,34,38-41,45-47,49,54-61,68,85-87H,16,20,23,28-29,31,33,35-37H2,1-15H3,(H5-,71,73,74,75,76,81,88,89,90,92,93,94)/p+1/t40-,41+,45-,46-,47-,49?,54-,55-,56-,57-,58-,59+,60+,61-,68+/m0/s1. The molecule has 2 fully saturated rings. The zero-order valence-corrected chi connectivity index (χ0v) is 60.7. The summed E-state index contributed by atoms with van der Waals surface area (Å²) in [6.07, 6.45) is -6.96. The lowest BCUT2D eigenvalue weighted by Crippen LogP contribution is -2.63. The second kappa shape index (κ2) is 36.1. The monoisotopic (exact) mass is 1420 g/mol. The number of nitrogens with zero attached hydrogens (tertiary/aromatic N) is 5. The van der Waals surface area contributed by atoms with Crippen molar-refractivity contribution in [3.63, 3.8) is 0 Å². The number of imide groups is 1. The Morgan fingerprint density at radius 1 is 0.840 bits per heavy atom. The molecule has 552 valence electrons. The minimum absolute atomic E-state index is 0.0517. The normalized spacial score (nSPS) is 21.4. The Morgan fingerprint density at radius 3 is 2.09 bits per heavy atom. The fourth-order valence-corrected chi connectivity index (χ4v) is 14.0. The smallest absolute Gasteiger partial charge is 0.407 e. The van der Waals surface area contributed by atoms with Crippen LogP contribution in [0.3, 0.4) is 0 Å². The van der Waals surface area contributed by atoms with E-state index in [2.05, 4.69) is 31.6 Å². The summed E-state index contributed by atoms with van der Waals surface area (Å²) in [7, 11) is 8.30. The second-order valence-corrected chi connectivity index (χ2v) is 29.0. The lowest BCUT2D eigenvalue weighted by atomic mass is 9.89. The average molecular weight is 1420 g/mol. The summed E-state index contributed by atoms with van der Waals surface area (Å²) in [6, 6.07) is 9.30. The molecule has 3 aliphatic rings. The predicted octanol–water partition coefficient (Wildman–Crippen LogP) is 3.44. The van der Waals surface area contributed by atoms with Crippen LogP contribution < -0.4 is 31.3 Å². The largest absolute Gasteiger partial charge is 0.479 e. The molecular weight excluding hydrogens is 1320 g/mol. The van der Waals surface area contributed by atoms with E-state index in [4.69, 9.17) is 23.7 Å². The molecule has 15 atom stereocenters. The van der Waals surface area contributed by atoms with Gasteiger partial charge in [0, 0.05) is 76.0 Å². The summed E-state index contributed by atoms with van der Waals surface area (Å²) in [5, 5.41) is 58.3. The third kappa shape index (κ3) is 21.1. The summed E-state index contributed by atoms with van der Waals surface area (Å²) in [5.41, 5.74) is 0.508. The molecule has 100 heavy (non-hydrogen) atoms. The summed E-state index contributed by atoms with van der Waals surface area (Å²) < 4.78 is 28.8. The maximum absolute atomic E-state index is 15.2. The van der Waals surface area contributed by atoms with Gasteiger partial charge in [-0.15, -0.1) is 11.3 Å². The number of likely N-dealkylation sites (N-methyl/N-ethyl adjacent to an activating group) is 2. The summed E-state index contributed by atoms with van der Waals surface area (Å²) in [6.45, 7) is 17.5.